The molecular formula is C21H21N3O. The maximum Gasteiger partial charge on any atom is 0.228 e. The second-order valence-electron chi connectivity index (χ2n) is 6.08. The maximum absolute atomic E-state index is 12.1. The number of nitrogens with zero attached hydrogens (tertiary/aromatic N) is 1. The highest BCUT2D eigenvalue weighted by atomic mass is 16.1. The smallest absolute Gasteiger partial charge is 0.228 e. The van der Waals surface area contributed by atoms with Gasteiger partial charge in [0.05, 0.1) is 18.3 Å². The molecule has 0 saturated heterocycles. The van der Waals surface area contributed by atoms with Crippen molar-refractivity contribution in [3.8, 4) is 0 Å². The minimum absolute atomic E-state index is 0.0507. The van der Waals surface area contributed by atoms with Crippen molar-refractivity contribution in [3.05, 3.63) is 83.6 Å². The van der Waals surface area contributed by atoms with E-state index in [0.29, 0.717) is 12.1 Å². The lowest BCUT2D eigenvalue weighted by Gasteiger charge is -2.10. The Morgan fingerprint density at radius 2 is 1.72 bits per heavy atom. The summed E-state index contributed by atoms with van der Waals surface area (Å²) in [5.41, 5.74) is 5.04. The number of aryl methyl sites for hydroxylation is 2. The molecule has 4 nitrogen and oxygen atoms in total. The van der Waals surface area contributed by atoms with E-state index in [2.05, 4.69) is 15.6 Å². The third kappa shape index (κ3) is 4.67. The average Bonchev–Trinajstić information content (AvgIpc) is 2.61. The van der Waals surface area contributed by atoms with Gasteiger partial charge >= 0.3 is 0 Å². The van der Waals surface area contributed by atoms with Crippen LogP contribution >= 0.6 is 0 Å². The second kappa shape index (κ2) is 7.62. The lowest BCUT2D eigenvalue weighted by Crippen LogP contribution is -2.14. The molecule has 0 aliphatic heterocycles. The largest absolute Gasteiger partial charge is 0.340 e. The summed E-state index contributed by atoms with van der Waals surface area (Å²) in [4.78, 5) is 16.5. The zero-order chi connectivity index (χ0) is 17.6. The molecule has 0 saturated carbocycles. The zero-order valence-electron chi connectivity index (χ0n) is 14.4. The van der Waals surface area contributed by atoms with E-state index in [-0.39, 0.29) is 5.91 Å². The fraction of sp³-hybridized carbons (Fsp3) is 0.143. The third-order valence-corrected chi connectivity index (χ3v) is 3.94. The normalized spacial score (nSPS) is 10.3. The minimum atomic E-state index is -0.0507. The van der Waals surface area contributed by atoms with Crippen LogP contribution in [0.1, 0.15) is 16.7 Å². The van der Waals surface area contributed by atoms with Crippen molar-refractivity contribution in [2.45, 2.75) is 20.3 Å². The van der Waals surface area contributed by atoms with Crippen LogP contribution in [0.2, 0.25) is 0 Å². The molecule has 2 aromatic carbocycles. The summed E-state index contributed by atoms with van der Waals surface area (Å²) >= 11 is 0. The van der Waals surface area contributed by atoms with E-state index < -0.39 is 0 Å². The van der Waals surface area contributed by atoms with Crippen LogP contribution in [-0.2, 0) is 11.2 Å². The van der Waals surface area contributed by atoms with Crippen molar-refractivity contribution in [1.29, 1.82) is 0 Å². The average molecular weight is 331 g/mol. The van der Waals surface area contributed by atoms with Crippen molar-refractivity contribution < 1.29 is 4.79 Å². The van der Waals surface area contributed by atoms with Gasteiger partial charge in [-0.3, -0.25) is 4.79 Å². The van der Waals surface area contributed by atoms with Gasteiger partial charge in [0, 0.05) is 5.69 Å². The number of pyridine rings is 1. The molecule has 4 heteroatoms. The quantitative estimate of drug-likeness (QED) is 0.717. The van der Waals surface area contributed by atoms with Crippen LogP contribution in [-0.4, -0.2) is 10.9 Å². The van der Waals surface area contributed by atoms with Gasteiger partial charge in [0.25, 0.3) is 0 Å². The first-order chi connectivity index (χ1) is 12.1. The molecule has 126 valence electrons. The number of carbonyl (C=O) groups excluding carboxylic acids is 1. The van der Waals surface area contributed by atoms with Crippen LogP contribution in [0.4, 0.5) is 17.2 Å². The summed E-state index contributed by atoms with van der Waals surface area (Å²) < 4.78 is 0. The van der Waals surface area contributed by atoms with Crippen molar-refractivity contribution in [1.82, 2.24) is 4.98 Å². The molecule has 0 bridgehead atoms. The molecule has 1 heterocycles. The van der Waals surface area contributed by atoms with E-state index in [0.717, 1.165) is 22.6 Å². The molecule has 0 aliphatic carbocycles. The number of hydrogen-bond acceptors (Lipinski definition) is 3. The number of aromatic nitrogens is 1. The number of benzene rings is 2. The Morgan fingerprint density at radius 1 is 0.960 bits per heavy atom. The molecular weight excluding hydrogens is 310 g/mol. The summed E-state index contributed by atoms with van der Waals surface area (Å²) in [5, 5.41) is 6.15. The van der Waals surface area contributed by atoms with E-state index in [1.54, 1.807) is 6.20 Å². The van der Waals surface area contributed by atoms with E-state index in [9.17, 15) is 4.79 Å². The summed E-state index contributed by atoms with van der Waals surface area (Å²) in [6.07, 6.45) is 2.01. The maximum atomic E-state index is 12.1. The topological polar surface area (TPSA) is 54.0 Å². The Hall–Kier alpha value is -3.14. The van der Waals surface area contributed by atoms with Crippen molar-refractivity contribution in [3.63, 3.8) is 0 Å². The van der Waals surface area contributed by atoms with Gasteiger partial charge in [-0.25, -0.2) is 4.98 Å². The van der Waals surface area contributed by atoms with Crippen LogP contribution in [0.25, 0.3) is 0 Å². The Morgan fingerprint density at radius 3 is 2.40 bits per heavy atom. The SMILES string of the molecule is Cc1ccc(CC(=O)Nc2ccc(Nc3ccccc3C)nc2)cc1. The molecule has 1 aromatic heterocycles. The fourth-order valence-electron chi connectivity index (χ4n) is 2.49. The number of amides is 1. The summed E-state index contributed by atoms with van der Waals surface area (Å²) in [6, 6.07) is 19.7. The molecule has 0 atom stereocenters. The second-order valence-corrected chi connectivity index (χ2v) is 6.08. The highest BCUT2D eigenvalue weighted by molar-refractivity contribution is 5.92. The van der Waals surface area contributed by atoms with Gasteiger partial charge in [0.1, 0.15) is 5.82 Å². The standard InChI is InChI=1S/C21H21N3O/c1-15-7-9-17(10-8-15)13-21(25)23-18-11-12-20(22-14-18)24-19-6-4-3-5-16(19)2/h3-12,14H,13H2,1-2H3,(H,22,24)(H,23,25). The molecule has 0 unspecified atom stereocenters. The van der Waals surface area contributed by atoms with Gasteiger partial charge in [-0.05, 0) is 43.2 Å². The van der Waals surface area contributed by atoms with E-state index >= 15 is 0 Å². The van der Waals surface area contributed by atoms with Gasteiger partial charge < -0.3 is 10.6 Å². The highest BCUT2D eigenvalue weighted by Gasteiger charge is 2.05. The Bertz CT molecular complexity index is 855. The van der Waals surface area contributed by atoms with E-state index in [1.165, 1.54) is 5.56 Å². The van der Waals surface area contributed by atoms with E-state index in [1.807, 2.05) is 74.5 Å². The Kier molecular flexibility index (Phi) is 5.09. The van der Waals surface area contributed by atoms with Crippen molar-refractivity contribution >= 4 is 23.1 Å². The van der Waals surface area contributed by atoms with Gasteiger partial charge in [0.2, 0.25) is 5.91 Å². The molecule has 3 rings (SSSR count). The zero-order valence-corrected chi connectivity index (χ0v) is 14.4. The van der Waals surface area contributed by atoms with Gasteiger partial charge in [-0.2, -0.15) is 0 Å². The Labute approximate surface area is 147 Å². The summed E-state index contributed by atoms with van der Waals surface area (Å²) in [6.45, 7) is 4.07. The monoisotopic (exact) mass is 331 g/mol. The van der Waals surface area contributed by atoms with E-state index in [4.69, 9.17) is 0 Å². The predicted molar refractivity (Wildman–Crippen MR) is 102 cm³/mol. The molecule has 2 N–H and O–H groups in total. The van der Waals surface area contributed by atoms with Crippen molar-refractivity contribution in [2.24, 2.45) is 0 Å². The fourth-order valence-corrected chi connectivity index (χ4v) is 2.49. The first-order valence-electron chi connectivity index (χ1n) is 8.24. The van der Waals surface area contributed by atoms with Crippen LogP contribution in [0, 0.1) is 13.8 Å². The number of para-hydroxylation sites is 1. The number of nitrogens with one attached hydrogen (secondary N) is 2. The number of anilines is 3. The van der Waals surface area contributed by atoms with Crippen LogP contribution < -0.4 is 10.6 Å². The molecule has 25 heavy (non-hydrogen) atoms. The molecule has 0 radical (unpaired) electrons. The molecule has 1 amide bonds. The summed E-state index contributed by atoms with van der Waals surface area (Å²) in [5.74, 6) is 0.691. The van der Waals surface area contributed by atoms with Crippen LogP contribution in [0.5, 0.6) is 0 Å². The van der Waals surface area contributed by atoms with Gasteiger partial charge in [0.15, 0.2) is 0 Å². The lowest BCUT2D eigenvalue weighted by molar-refractivity contribution is -0.115. The minimum Gasteiger partial charge on any atom is -0.340 e. The van der Waals surface area contributed by atoms with Gasteiger partial charge in [-0.15, -0.1) is 0 Å². The molecule has 0 aliphatic rings. The van der Waals surface area contributed by atoms with Crippen LogP contribution in [0.15, 0.2) is 66.9 Å². The molecule has 3 aromatic rings. The Balaban J connectivity index is 1.59. The molecule has 0 spiro atoms. The third-order valence-electron chi connectivity index (χ3n) is 3.94. The summed E-state index contributed by atoms with van der Waals surface area (Å²) in [7, 11) is 0. The number of rotatable bonds is 5. The lowest BCUT2D eigenvalue weighted by atomic mass is 10.1. The molecule has 0 fully saturated rings. The van der Waals surface area contributed by atoms with Crippen LogP contribution in [0.3, 0.4) is 0 Å². The predicted octanol–water partition coefficient (Wildman–Crippen LogP) is 4.62. The number of hydrogen-bond donors (Lipinski definition) is 2. The van der Waals surface area contributed by atoms with Crippen molar-refractivity contribution in [2.75, 3.05) is 10.6 Å². The van der Waals surface area contributed by atoms with Gasteiger partial charge in [-0.1, -0.05) is 48.0 Å². The number of carbonyl (C=O) groups is 1. The first-order valence-corrected chi connectivity index (χ1v) is 8.24. The first kappa shape index (κ1) is 16.7. The highest BCUT2D eigenvalue weighted by Crippen LogP contribution is 2.19.